The van der Waals surface area contributed by atoms with Crippen molar-refractivity contribution in [1.82, 2.24) is 9.80 Å². The Morgan fingerprint density at radius 1 is 1.35 bits per heavy atom. The van der Waals surface area contributed by atoms with Crippen molar-refractivity contribution < 1.29 is 19.4 Å². The average molecular weight is 282 g/mol. The second-order valence-electron chi connectivity index (χ2n) is 6.12. The number of hydrogen-bond acceptors (Lipinski definition) is 4. The van der Waals surface area contributed by atoms with Crippen LogP contribution in [0.15, 0.2) is 0 Å². The summed E-state index contributed by atoms with van der Waals surface area (Å²) in [4.78, 5) is 27.1. The largest absolute Gasteiger partial charge is 0.481 e. The number of carbonyl (C=O) groups is 2. The molecule has 3 fully saturated rings. The van der Waals surface area contributed by atoms with E-state index < -0.39 is 11.9 Å². The minimum absolute atomic E-state index is 0.0286. The number of carboxylic acid groups (broad SMARTS) is 1. The zero-order valence-electron chi connectivity index (χ0n) is 11.7. The van der Waals surface area contributed by atoms with E-state index in [1.807, 2.05) is 0 Å². The standard InChI is InChI=1S/C14H22N2O4/c17-13-4-3-10(14(18)19)6-16(13)8-12-7-15-5-1-2-11(15)9-20-12/h10-12H,1-9H2,(H,18,19). The van der Waals surface area contributed by atoms with Crippen molar-refractivity contribution in [2.45, 2.75) is 37.8 Å². The van der Waals surface area contributed by atoms with Crippen LogP contribution in [0.3, 0.4) is 0 Å². The topological polar surface area (TPSA) is 70.1 Å². The van der Waals surface area contributed by atoms with Crippen molar-refractivity contribution in [3.8, 4) is 0 Å². The molecule has 1 amide bonds. The van der Waals surface area contributed by atoms with Crippen LogP contribution in [0.25, 0.3) is 0 Å². The fourth-order valence-electron chi connectivity index (χ4n) is 3.53. The van der Waals surface area contributed by atoms with Crippen molar-refractivity contribution in [3.63, 3.8) is 0 Å². The molecule has 0 spiro atoms. The molecule has 0 bridgehead atoms. The summed E-state index contributed by atoms with van der Waals surface area (Å²) < 4.78 is 5.86. The summed E-state index contributed by atoms with van der Waals surface area (Å²) in [6.07, 6.45) is 3.27. The molecule has 0 aromatic rings. The van der Waals surface area contributed by atoms with Gasteiger partial charge in [-0.25, -0.2) is 0 Å². The van der Waals surface area contributed by atoms with Crippen molar-refractivity contribution in [3.05, 3.63) is 0 Å². The molecule has 112 valence electrons. The van der Waals surface area contributed by atoms with Crippen LogP contribution in [0.2, 0.25) is 0 Å². The Hall–Kier alpha value is -1.14. The van der Waals surface area contributed by atoms with Gasteiger partial charge in [-0.1, -0.05) is 0 Å². The summed E-state index contributed by atoms with van der Waals surface area (Å²) in [5, 5.41) is 9.09. The third-order valence-electron chi connectivity index (χ3n) is 4.73. The highest BCUT2D eigenvalue weighted by molar-refractivity contribution is 5.80. The van der Waals surface area contributed by atoms with Crippen molar-refractivity contribution in [2.24, 2.45) is 5.92 Å². The molecule has 3 aliphatic heterocycles. The Morgan fingerprint density at radius 2 is 2.20 bits per heavy atom. The number of fused-ring (bicyclic) bond motifs is 1. The molecule has 6 nitrogen and oxygen atoms in total. The van der Waals surface area contributed by atoms with E-state index in [0.717, 1.165) is 19.7 Å². The lowest BCUT2D eigenvalue weighted by atomic mass is 9.97. The molecule has 1 N–H and O–H groups in total. The van der Waals surface area contributed by atoms with Crippen LogP contribution in [0.5, 0.6) is 0 Å². The van der Waals surface area contributed by atoms with Gasteiger partial charge in [-0.3, -0.25) is 14.5 Å². The summed E-state index contributed by atoms with van der Waals surface area (Å²) >= 11 is 0. The zero-order chi connectivity index (χ0) is 14.1. The van der Waals surface area contributed by atoms with Gasteiger partial charge in [0.25, 0.3) is 0 Å². The molecule has 3 heterocycles. The Bertz CT molecular complexity index is 401. The summed E-state index contributed by atoms with van der Waals surface area (Å²) in [7, 11) is 0. The van der Waals surface area contributed by atoms with Gasteiger partial charge in [0.05, 0.1) is 18.6 Å². The van der Waals surface area contributed by atoms with E-state index in [9.17, 15) is 9.59 Å². The first kappa shape index (κ1) is 13.8. The number of piperidine rings is 1. The van der Waals surface area contributed by atoms with E-state index in [-0.39, 0.29) is 12.0 Å². The van der Waals surface area contributed by atoms with Gasteiger partial charge >= 0.3 is 5.97 Å². The van der Waals surface area contributed by atoms with Gasteiger partial charge in [0.1, 0.15) is 0 Å². The predicted molar refractivity (Wildman–Crippen MR) is 71.3 cm³/mol. The van der Waals surface area contributed by atoms with Gasteiger partial charge in [0.2, 0.25) is 5.91 Å². The fourth-order valence-corrected chi connectivity index (χ4v) is 3.53. The highest BCUT2D eigenvalue weighted by Crippen LogP contribution is 2.24. The van der Waals surface area contributed by atoms with Crippen LogP contribution in [0.4, 0.5) is 0 Å². The summed E-state index contributed by atoms with van der Waals surface area (Å²) in [5.41, 5.74) is 0. The van der Waals surface area contributed by atoms with Crippen molar-refractivity contribution in [2.75, 3.05) is 32.8 Å². The Morgan fingerprint density at radius 3 is 3.00 bits per heavy atom. The van der Waals surface area contributed by atoms with Crippen LogP contribution < -0.4 is 0 Å². The van der Waals surface area contributed by atoms with E-state index in [0.29, 0.717) is 32.0 Å². The first-order valence-corrected chi connectivity index (χ1v) is 7.49. The predicted octanol–water partition coefficient (Wildman–Crippen LogP) is 0.173. The average Bonchev–Trinajstić information content (AvgIpc) is 2.88. The lowest BCUT2D eigenvalue weighted by molar-refractivity contribution is -0.149. The van der Waals surface area contributed by atoms with Crippen LogP contribution in [-0.4, -0.2) is 71.7 Å². The van der Waals surface area contributed by atoms with Crippen LogP contribution in [-0.2, 0) is 14.3 Å². The number of aliphatic carboxylic acids is 1. The first-order chi connectivity index (χ1) is 9.63. The van der Waals surface area contributed by atoms with E-state index in [1.54, 1.807) is 4.90 Å². The molecule has 3 atom stereocenters. The molecule has 6 heteroatoms. The molecule has 0 aromatic carbocycles. The van der Waals surface area contributed by atoms with Gasteiger partial charge in [-0.2, -0.15) is 0 Å². The van der Waals surface area contributed by atoms with Crippen LogP contribution >= 0.6 is 0 Å². The van der Waals surface area contributed by atoms with Gasteiger partial charge in [-0.05, 0) is 25.8 Å². The number of carboxylic acids is 1. The number of rotatable bonds is 3. The fraction of sp³-hybridized carbons (Fsp3) is 0.857. The molecular formula is C14H22N2O4. The number of carbonyl (C=O) groups excluding carboxylic acids is 1. The highest BCUT2D eigenvalue weighted by Gasteiger charge is 2.36. The maximum atomic E-state index is 11.9. The second kappa shape index (κ2) is 5.69. The number of nitrogens with zero attached hydrogens (tertiary/aromatic N) is 2. The quantitative estimate of drug-likeness (QED) is 0.799. The number of likely N-dealkylation sites (tertiary alicyclic amines) is 1. The Labute approximate surface area is 118 Å². The molecule has 0 saturated carbocycles. The normalized spacial score (nSPS) is 35.1. The van der Waals surface area contributed by atoms with Crippen LogP contribution in [0, 0.1) is 5.92 Å². The SMILES string of the molecule is O=C(O)C1CCC(=O)N(CC2CN3CCCC3CO2)C1. The highest BCUT2D eigenvalue weighted by atomic mass is 16.5. The number of morpholine rings is 1. The summed E-state index contributed by atoms with van der Waals surface area (Å²) in [6.45, 7) is 3.60. The first-order valence-electron chi connectivity index (χ1n) is 7.49. The molecular weight excluding hydrogens is 260 g/mol. The van der Waals surface area contributed by atoms with E-state index >= 15 is 0 Å². The zero-order valence-corrected chi connectivity index (χ0v) is 11.7. The minimum atomic E-state index is -0.799. The lowest BCUT2D eigenvalue weighted by Gasteiger charge is -2.39. The molecule has 3 aliphatic rings. The molecule has 0 aliphatic carbocycles. The van der Waals surface area contributed by atoms with Crippen molar-refractivity contribution in [1.29, 1.82) is 0 Å². The number of hydrogen-bond donors (Lipinski definition) is 1. The molecule has 0 aromatic heterocycles. The second-order valence-corrected chi connectivity index (χ2v) is 6.12. The third kappa shape index (κ3) is 2.81. The van der Waals surface area contributed by atoms with Crippen molar-refractivity contribution >= 4 is 11.9 Å². The summed E-state index contributed by atoms with van der Waals surface area (Å²) in [6, 6.07) is 0.551. The van der Waals surface area contributed by atoms with Gasteiger partial charge < -0.3 is 14.7 Å². The monoisotopic (exact) mass is 282 g/mol. The van der Waals surface area contributed by atoms with E-state index in [2.05, 4.69) is 4.90 Å². The van der Waals surface area contributed by atoms with Gasteiger partial charge in [-0.15, -0.1) is 0 Å². The number of amides is 1. The maximum absolute atomic E-state index is 11.9. The van der Waals surface area contributed by atoms with E-state index in [4.69, 9.17) is 9.84 Å². The van der Waals surface area contributed by atoms with Crippen LogP contribution in [0.1, 0.15) is 25.7 Å². The lowest BCUT2D eigenvalue weighted by Crippen LogP contribution is -2.53. The maximum Gasteiger partial charge on any atom is 0.308 e. The number of ether oxygens (including phenoxy) is 1. The van der Waals surface area contributed by atoms with E-state index in [1.165, 1.54) is 12.8 Å². The molecule has 20 heavy (non-hydrogen) atoms. The summed E-state index contributed by atoms with van der Waals surface area (Å²) in [5.74, 6) is -1.16. The molecule has 3 unspecified atom stereocenters. The molecule has 3 rings (SSSR count). The molecule has 0 radical (unpaired) electrons. The smallest absolute Gasteiger partial charge is 0.308 e. The Kier molecular flexibility index (Phi) is 3.94. The Balaban J connectivity index is 1.56. The minimum Gasteiger partial charge on any atom is -0.481 e. The van der Waals surface area contributed by atoms with Gasteiger partial charge in [0.15, 0.2) is 0 Å². The molecule has 3 saturated heterocycles. The third-order valence-corrected chi connectivity index (χ3v) is 4.73. The van der Waals surface area contributed by atoms with Gasteiger partial charge in [0, 0.05) is 32.1 Å².